The fraction of sp³-hybridized carbons (Fsp3) is 0.375. The lowest BCUT2D eigenvalue weighted by molar-refractivity contribution is 0.482. The molecular formula is C16H20O3S. The molecule has 0 aromatic heterocycles. The molecule has 0 saturated heterocycles. The summed E-state index contributed by atoms with van der Waals surface area (Å²) in [5.41, 5.74) is 1.87. The molecule has 0 unspecified atom stereocenters. The third-order valence-corrected chi connectivity index (χ3v) is 4.36. The Kier molecular flexibility index (Phi) is 4.45. The number of aryl methyl sites for hydroxylation is 2. The Morgan fingerprint density at radius 2 is 1.65 bits per heavy atom. The van der Waals surface area contributed by atoms with Gasteiger partial charge in [-0.1, -0.05) is 44.9 Å². The summed E-state index contributed by atoms with van der Waals surface area (Å²) in [7, 11) is -4.17. The second-order valence-corrected chi connectivity index (χ2v) is 6.51. The molecule has 0 amide bonds. The van der Waals surface area contributed by atoms with Crippen LogP contribution >= 0.6 is 0 Å². The van der Waals surface area contributed by atoms with E-state index in [0.29, 0.717) is 12.0 Å². The van der Waals surface area contributed by atoms with Gasteiger partial charge in [0.05, 0.1) is 4.90 Å². The van der Waals surface area contributed by atoms with Crippen molar-refractivity contribution in [3.8, 4) is 0 Å². The second kappa shape index (κ2) is 5.94. The molecule has 2 rings (SSSR count). The molecule has 0 aliphatic carbocycles. The quantitative estimate of drug-likeness (QED) is 0.848. The highest BCUT2D eigenvalue weighted by molar-refractivity contribution is 7.85. The Labute approximate surface area is 120 Å². The van der Waals surface area contributed by atoms with Gasteiger partial charge in [-0.25, -0.2) is 0 Å². The normalized spacial score (nSPS) is 11.9. The first-order chi connectivity index (χ1) is 9.45. The maximum atomic E-state index is 11.5. The molecule has 0 aliphatic rings. The van der Waals surface area contributed by atoms with Crippen LogP contribution in [0, 0.1) is 0 Å². The van der Waals surface area contributed by atoms with Crippen LogP contribution in [0.2, 0.25) is 0 Å². The second-order valence-electron chi connectivity index (χ2n) is 5.12. The van der Waals surface area contributed by atoms with Crippen molar-refractivity contribution in [1.29, 1.82) is 0 Å². The smallest absolute Gasteiger partial charge is 0.282 e. The van der Waals surface area contributed by atoms with Crippen molar-refractivity contribution in [2.24, 2.45) is 0 Å². The highest BCUT2D eigenvalue weighted by Crippen LogP contribution is 2.26. The van der Waals surface area contributed by atoms with E-state index in [1.165, 1.54) is 5.56 Å². The number of benzene rings is 2. The topological polar surface area (TPSA) is 54.4 Å². The summed E-state index contributed by atoms with van der Waals surface area (Å²) in [5.74, 6) is 0. The molecule has 0 bridgehead atoms. The lowest BCUT2D eigenvalue weighted by Gasteiger charge is -2.10. The Balaban J connectivity index is 2.65. The summed E-state index contributed by atoms with van der Waals surface area (Å²) in [6.07, 6.45) is 3.49. The third-order valence-electron chi connectivity index (χ3n) is 3.42. The van der Waals surface area contributed by atoms with Gasteiger partial charge in [-0.15, -0.1) is 0 Å². The van der Waals surface area contributed by atoms with Crippen LogP contribution in [0.15, 0.2) is 35.2 Å². The molecule has 20 heavy (non-hydrogen) atoms. The van der Waals surface area contributed by atoms with E-state index in [4.69, 9.17) is 0 Å². The summed E-state index contributed by atoms with van der Waals surface area (Å²) < 4.78 is 32.5. The first-order valence-corrected chi connectivity index (χ1v) is 8.42. The van der Waals surface area contributed by atoms with E-state index < -0.39 is 10.1 Å². The lowest BCUT2D eigenvalue weighted by Crippen LogP contribution is -2.03. The summed E-state index contributed by atoms with van der Waals surface area (Å²) >= 11 is 0. The van der Waals surface area contributed by atoms with Crippen molar-refractivity contribution >= 4 is 20.9 Å². The highest BCUT2D eigenvalue weighted by Gasteiger charge is 2.16. The number of rotatable bonds is 5. The van der Waals surface area contributed by atoms with E-state index in [2.05, 4.69) is 13.0 Å². The fourth-order valence-corrected chi connectivity index (χ4v) is 3.29. The van der Waals surface area contributed by atoms with Gasteiger partial charge in [0.2, 0.25) is 0 Å². The first kappa shape index (κ1) is 15.0. The minimum atomic E-state index is -4.17. The van der Waals surface area contributed by atoms with Crippen LogP contribution in [-0.2, 0) is 23.0 Å². The molecule has 0 saturated carbocycles. The molecule has 1 N–H and O–H groups in total. The molecule has 4 heteroatoms. The first-order valence-electron chi connectivity index (χ1n) is 6.98. The van der Waals surface area contributed by atoms with Crippen LogP contribution in [0.25, 0.3) is 10.8 Å². The monoisotopic (exact) mass is 292 g/mol. The molecule has 0 atom stereocenters. The molecule has 0 heterocycles. The van der Waals surface area contributed by atoms with Gasteiger partial charge in [-0.2, -0.15) is 8.42 Å². The van der Waals surface area contributed by atoms with E-state index in [9.17, 15) is 13.0 Å². The van der Waals surface area contributed by atoms with Gasteiger partial charge < -0.3 is 0 Å². The lowest BCUT2D eigenvalue weighted by atomic mass is 10.0. The zero-order valence-electron chi connectivity index (χ0n) is 11.9. The largest absolute Gasteiger partial charge is 0.294 e. The van der Waals surface area contributed by atoms with Crippen LogP contribution in [0.5, 0.6) is 0 Å². The van der Waals surface area contributed by atoms with Gasteiger partial charge in [0.1, 0.15) is 0 Å². The average Bonchev–Trinajstić information content (AvgIpc) is 2.38. The molecule has 0 aliphatic heterocycles. The van der Waals surface area contributed by atoms with Gasteiger partial charge in [0.25, 0.3) is 10.1 Å². The van der Waals surface area contributed by atoms with Crippen LogP contribution in [0.4, 0.5) is 0 Å². The number of fused-ring (bicyclic) bond motifs is 1. The van der Waals surface area contributed by atoms with Crippen LogP contribution in [0.3, 0.4) is 0 Å². The Bertz CT molecular complexity index is 718. The number of hydrogen-bond donors (Lipinski definition) is 1. The molecule has 2 aromatic carbocycles. The molecular weight excluding hydrogens is 272 g/mol. The Morgan fingerprint density at radius 3 is 2.25 bits per heavy atom. The molecule has 2 aromatic rings. The summed E-state index contributed by atoms with van der Waals surface area (Å²) in [4.78, 5) is 0.0421. The highest BCUT2D eigenvalue weighted by atomic mass is 32.2. The van der Waals surface area contributed by atoms with Gasteiger partial charge >= 0.3 is 0 Å². The van der Waals surface area contributed by atoms with Crippen molar-refractivity contribution < 1.29 is 13.0 Å². The maximum Gasteiger partial charge on any atom is 0.294 e. The molecule has 0 fully saturated rings. The molecule has 3 nitrogen and oxygen atoms in total. The van der Waals surface area contributed by atoms with Crippen LogP contribution < -0.4 is 0 Å². The number of hydrogen-bond acceptors (Lipinski definition) is 2. The van der Waals surface area contributed by atoms with Crippen LogP contribution in [0.1, 0.15) is 37.8 Å². The van der Waals surface area contributed by atoms with Crippen molar-refractivity contribution in [2.45, 2.75) is 44.4 Å². The van der Waals surface area contributed by atoms with Crippen LogP contribution in [-0.4, -0.2) is 13.0 Å². The fourth-order valence-electron chi connectivity index (χ4n) is 2.52. The SMILES string of the molecule is CCCc1ccc2cc(CCC)c(S(=O)(=O)O)cc2c1. The van der Waals surface area contributed by atoms with E-state index in [-0.39, 0.29) is 4.90 Å². The maximum absolute atomic E-state index is 11.5. The predicted octanol–water partition coefficient (Wildman–Crippen LogP) is 3.99. The zero-order valence-corrected chi connectivity index (χ0v) is 12.7. The summed E-state index contributed by atoms with van der Waals surface area (Å²) in [6.45, 7) is 4.10. The minimum Gasteiger partial charge on any atom is -0.282 e. The predicted molar refractivity (Wildman–Crippen MR) is 81.8 cm³/mol. The van der Waals surface area contributed by atoms with Crippen molar-refractivity contribution in [3.05, 3.63) is 41.5 Å². The van der Waals surface area contributed by atoms with Crippen molar-refractivity contribution in [1.82, 2.24) is 0 Å². The van der Waals surface area contributed by atoms with E-state index in [1.54, 1.807) is 6.07 Å². The molecule has 0 radical (unpaired) electrons. The third kappa shape index (κ3) is 3.19. The Hall–Kier alpha value is -1.39. The van der Waals surface area contributed by atoms with E-state index >= 15 is 0 Å². The minimum absolute atomic E-state index is 0.0421. The zero-order chi connectivity index (χ0) is 14.8. The standard InChI is InChI=1S/C16H20O3S/c1-3-5-12-7-8-13-10-14(6-4-2)16(20(17,18)19)11-15(13)9-12/h7-11H,3-6H2,1-2H3,(H,17,18,19). The van der Waals surface area contributed by atoms with E-state index in [0.717, 1.165) is 30.0 Å². The summed E-state index contributed by atoms with van der Waals surface area (Å²) in [5, 5.41) is 1.88. The van der Waals surface area contributed by atoms with Crippen molar-refractivity contribution in [2.75, 3.05) is 0 Å². The van der Waals surface area contributed by atoms with E-state index in [1.807, 2.05) is 25.1 Å². The van der Waals surface area contributed by atoms with Gasteiger partial charge in [0.15, 0.2) is 0 Å². The molecule has 0 spiro atoms. The van der Waals surface area contributed by atoms with Gasteiger partial charge in [-0.3, -0.25) is 4.55 Å². The summed E-state index contributed by atoms with van der Waals surface area (Å²) in [6, 6.07) is 9.57. The average molecular weight is 292 g/mol. The Morgan fingerprint density at radius 1 is 0.950 bits per heavy atom. The molecule has 108 valence electrons. The van der Waals surface area contributed by atoms with Gasteiger partial charge in [0, 0.05) is 0 Å². The van der Waals surface area contributed by atoms with Gasteiger partial charge in [-0.05, 0) is 46.9 Å². The van der Waals surface area contributed by atoms with Crippen molar-refractivity contribution in [3.63, 3.8) is 0 Å².